The molecule has 0 saturated carbocycles. The van der Waals surface area contributed by atoms with Crippen molar-refractivity contribution in [1.82, 2.24) is 20.2 Å². The third-order valence-corrected chi connectivity index (χ3v) is 4.82. The van der Waals surface area contributed by atoms with Gasteiger partial charge in [0.1, 0.15) is 5.75 Å². The van der Waals surface area contributed by atoms with E-state index in [2.05, 4.69) is 25.6 Å². The van der Waals surface area contributed by atoms with E-state index in [4.69, 9.17) is 0 Å². The molecule has 0 saturated heterocycles. The van der Waals surface area contributed by atoms with Crippen LogP contribution in [-0.4, -0.2) is 37.7 Å². The lowest BCUT2D eigenvalue weighted by Crippen LogP contribution is -2.23. The van der Waals surface area contributed by atoms with E-state index in [9.17, 15) is 18.0 Å². The summed E-state index contributed by atoms with van der Waals surface area (Å²) < 4.78 is 42.0. The highest BCUT2D eigenvalue weighted by molar-refractivity contribution is 8.00. The van der Waals surface area contributed by atoms with Crippen LogP contribution in [0.5, 0.6) is 5.75 Å². The molecule has 11 heteroatoms. The molecule has 1 N–H and O–H groups in total. The number of carbonyl (C=O) groups is 1. The molecule has 1 atom stereocenters. The number of nitrogens with zero attached hydrogens (tertiary/aromatic N) is 4. The largest absolute Gasteiger partial charge is 0.573 e. The number of hydrogen-bond acceptors (Lipinski definition) is 6. The summed E-state index contributed by atoms with van der Waals surface area (Å²) >= 11 is 1.16. The van der Waals surface area contributed by atoms with E-state index in [1.807, 2.05) is 31.2 Å². The number of aromatic nitrogens is 4. The Morgan fingerprint density at radius 3 is 2.52 bits per heavy atom. The number of benzene rings is 2. The summed E-state index contributed by atoms with van der Waals surface area (Å²) in [5.41, 5.74) is 2.11. The number of para-hydroxylation sites is 1. The molecule has 0 aliphatic rings. The maximum absolute atomic E-state index is 12.4. The Balaban J connectivity index is 1.65. The lowest BCUT2D eigenvalue weighted by atomic mass is 10.2. The summed E-state index contributed by atoms with van der Waals surface area (Å²) in [5.74, 6) is -0.714. The molecule has 0 aliphatic carbocycles. The van der Waals surface area contributed by atoms with Gasteiger partial charge in [-0.2, -0.15) is 4.68 Å². The summed E-state index contributed by atoms with van der Waals surface area (Å²) in [5, 5.41) is 14.2. The Morgan fingerprint density at radius 1 is 1.17 bits per heavy atom. The number of ether oxygens (including phenoxy) is 1. The van der Waals surface area contributed by atoms with E-state index in [0.29, 0.717) is 10.8 Å². The molecule has 3 aromatic rings. The molecule has 7 nitrogen and oxygen atoms in total. The number of alkyl halides is 3. The highest BCUT2D eigenvalue weighted by Gasteiger charge is 2.31. The summed E-state index contributed by atoms with van der Waals surface area (Å²) in [6.45, 7) is 3.60. The molecule has 1 aromatic heterocycles. The van der Waals surface area contributed by atoms with Crippen molar-refractivity contribution in [3.05, 3.63) is 54.1 Å². The molecule has 1 amide bonds. The molecule has 0 radical (unpaired) electrons. The molecule has 152 valence electrons. The van der Waals surface area contributed by atoms with Crippen molar-refractivity contribution in [3.63, 3.8) is 0 Å². The van der Waals surface area contributed by atoms with Crippen LogP contribution in [0.15, 0.2) is 53.7 Å². The van der Waals surface area contributed by atoms with E-state index < -0.39 is 11.6 Å². The second-order valence-electron chi connectivity index (χ2n) is 5.98. The van der Waals surface area contributed by atoms with Crippen molar-refractivity contribution >= 4 is 23.4 Å². The lowest BCUT2D eigenvalue weighted by Gasteiger charge is -2.13. The standard InChI is InChI=1S/C18H16F3N5O2S/c1-11-5-3-4-6-15(11)26-17(23-24-25-26)29-12(2)16(27)22-13-7-9-14(10-8-13)28-18(19,20)21/h3-10,12H,1-2H3,(H,22,27). The fourth-order valence-corrected chi connectivity index (χ4v) is 3.20. The second-order valence-corrected chi connectivity index (χ2v) is 7.29. The molecule has 0 spiro atoms. The number of thioether (sulfide) groups is 1. The minimum Gasteiger partial charge on any atom is -0.406 e. The van der Waals surface area contributed by atoms with Crippen LogP contribution in [0.1, 0.15) is 12.5 Å². The van der Waals surface area contributed by atoms with E-state index in [0.717, 1.165) is 35.1 Å². The van der Waals surface area contributed by atoms with Crippen LogP contribution in [0.4, 0.5) is 18.9 Å². The van der Waals surface area contributed by atoms with Crippen molar-refractivity contribution in [2.24, 2.45) is 0 Å². The average Bonchev–Trinajstić information content (AvgIpc) is 3.10. The lowest BCUT2D eigenvalue weighted by molar-refractivity contribution is -0.274. The zero-order valence-corrected chi connectivity index (χ0v) is 16.2. The molecule has 0 aliphatic heterocycles. The molecule has 0 bridgehead atoms. The third-order valence-electron chi connectivity index (χ3n) is 3.79. The van der Waals surface area contributed by atoms with E-state index >= 15 is 0 Å². The summed E-state index contributed by atoms with van der Waals surface area (Å²) in [7, 11) is 0. The van der Waals surface area contributed by atoms with Crippen LogP contribution in [-0.2, 0) is 4.79 Å². The van der Waals surface area contributed by atoms with Gasteiger partial charge in [-0.05, 0) is 60.2 Å². The van der Waals surface area contributed by atoms with Crippen molar-refractivity contribution in [1.29, 1.82) is 0 Å². The van der Waals surface area contributed by atoms with Gasteiger partial charge in [0.2, 0.25) is 11.1 Å². The number of nitrogens with one attached hydrogen (secondary N) is 1. The molecule has 1 heterocycles. The highest BCUT2D eigenvalue weighted by atomic mass is 32.2. The smallest absolute Gasteiger partial charge is 0.406 e. The fourth-order valence-electron chi connectivity index (χ4n) is 2.40. The van der Waals surface area contributed by atoms with Crippen LogP contribution < -0.4 is 10.1 Å². The first kappa shape index (κ1) is 20.6. The zero-order chi connectivity index (χ0) is 21.0. The van der Waals surface area contributed by atoms with Gasteiger partial charge in [0.15, 0.2) is 0 Å². The van der Waals surface area contributed by atoms with Crippen LogP contribution in [0.3, 0.4) is 0 Å². The van der Waals surface area contributed by atoms with E-state index in [-0.39, 0.29) is 11.7 Å². The van der Waals surface area contributed by atoms with Gasteiger partial charge in [-0.1, -0.05) is 30.0 Å². The number of carbonyl (C=O) groups excluding carboxylic acids is 1. The first-order valence-electron chi connectivity index (χ1n) is 8.40. The maximum atomic E-state index is 12.4. The predicted molar refractivity (Wildman–Crippen MR) is 101 cm³/mol. The van der Waals surface area contributed by atoms with Gasteiger partial charge in [-0.3, -0.25) is 4.79 Å². The maximum Gasteiger partial charge on any atom is 0.573 e. The quantitative estimate of drug-likeness (QED) is 0.604. The number of anilines is 1. The zero-order valence-electron chi connectivity index (χ0n) is 15.3. The minimum atomic E-state index is -4.77. The summed E-state index contributed by atoms with van der Waals surface area (Å²) in [6.07, 6.45) is -4.77. The Morgan fingerprint density at radius 2 is 1.86 bits per heavy atom. The molecule has 1 unspecified atom stereocenters. The number of aryl methyl sites for hydroxylation is 1. The van der Waals surface area contributed by atoms with E-state index in [1.165, 1.54) is 12.1 Å². The van der Waals surface area contributed by atoms with Gasteiger partial charge in [-0.15, -0.1) is 18.3 Å². The molecule has 2 aromatic carbocycles. The van der Waals surface area contributed by atoms with Crippen molar-refractivity contribution < 1.29 is 22.7 Å². The first-order chi connectivity index (χ1) is 13.7. The number of halogens is 3. The highest BCUT2D eigenvalue weighted by Crippen LogP contribution is 2.26. The number of hydrogen-bond donors (Lipinski definition) is 1. The second kappa shape index (κ2) is 8.52. The topological polar surface area (TPSA) is 81.9 Å². The van der Waals surface area contributed by atoms with Gasteiger partial charge < -0.3 is 10.1 Å². The Bertz CT molecular complexity index is 992. The number of tetrazole rings is 1. The van der Waals surface area contributed by atoms with Crippen LogP contribution in [0.2, 0.25) is 0 Å². The SMILES string of the molecule is Cc1ccccc1-n1nnnc1SC(C)C(=O)Nc1ccc(OC(F)(F)F)cc1. The monoisotopic (exact) mass is 423 g/mol. The average molecular weight is 423 g/mol. The molecule has 0 fully saturated rings. The van der Waals surface area contributed by atoms with Gasteiger partial charge in [-0.25, -0.2) is 0 Å². The minimum absolute atomic E-state index is 0.343. The summed E-state index contributed by atoms with van der Waals surface area (Å²) in [6, 6.07) is 12.5. The summed E-state index contributed by atoms with van der Waals surface area (Å²) in [4.78, 5) is 12.4. The van der Waals surface area contributed by atoms with Crippen LogP contribution in [0.25, 0.3) is 5.69 Å². The van der Waals surface area contributed by atoms with Crippen molar-refractivity contribution in [2.45, 2.75) is 30.6 Å². The van der Waals surface area contributed by atoms with Crippen molar-refractivity contribution in [2.75, 3.05) is 5.32 Å². The Kier molecular flexibility index (Phi) is 6.06. The molecule has 3 rings (SSSR count). The molecule has 29 heavy (non-hydrogen) atoms. The van der Waals surface area contributed by atoms with E-state index in [1.54, 1.807) is 11.6 Å². The van der Waals surface area contributed by atoms with Crippen LogP contribution in [0, 0.1) is 6.92 Å². The normalized spacial score (nSPS) is 12.4. The van der Waals surface area contributed by atoms with Crippen LogP contribution >= 0.6 is 11.8 Å². The van der Waals surface area contributed by atoms with Gasteiger partial charge in [0, 0.05) is 5.69 Å². The molecular formula is C18H16F3N5O2S. The Labute approximate surface area is 168 Å². The molecular weight excluding hydrogens is 407 g/mol. The first-order valence-corrected chi connectivity index (χ1v) is 9.28. The fraction of sp³-hybridized carbons (Fsp3) is 0.222. The van der Waals surface area contributed by atoms with Gasteiger partial charge in [0.25, 0.3) is 0 Å². The number of rotatable bonds is 6. The van der Waals surface area contributed by atoms with Crippen molar-refractivity contribution in [3.8, 4) is 11.4 Å². The number of amides is 1. The third kappa shape index (κ3) is 5.47. The van der Waals surface area contributed by atoms with Gasteiger partial charge >= 0.3 is 6.36 Å². The van der Waals surface area contributed by atoms with Gasteiger partial charge in [0.05, 0.1) is 10.9 Å². The predicted octanol–water partition coefficient (Wildman–Crippen LogP) is 3.99. The Hall–Kier alpha value is -3.08.